The fraction of sp³-hybridized carbons (Fsp3) is 0.154. The normalized spacial score (nSPS) is 9.95. The highest BCUT2D eigenvalue weighted by Crippen LogP contribution is 2.17. The third-order valence-electron chi connectivity index (χ3n) is 2.67. The number of amides is 2. The molecule has 0 spiro atoms. The summed E-state index contributed by atoms with van der Waals surface area (Å²) in [5.74, 6) is -0.509. The van der Waals surface area contributed by atoms with E-state index in [9.17, 15) is 9.59 Å². The molecule has 0 unspecified atom stereocenters. The Labute approximate surface area is 110 Å². The van der Waals surface area contributed by atoms with Gasteiger partial charge in [-0.25, -0.2) is 0 Å². The highest BCUT2D eigenvalue weighted by Gasteiger charge is 2.07. The second-order valence-corrected chi connectivity index (χ2v) is 3.92. The van der Waals surface area contributed by atoms with E-state index in [-0.39, 0.29) is 18.4 Å². The molecule has 0 aliphatic heterocycles. The molecule has 2 amide bonds. The van der Waals surface area contributed by atoms with Crippen molar-refractivity contribution in [3.63, 3.8) is 0 Å². The lowest BCUT2D eigenvalue weighted by atomic mass is 10.1. The molecular weight excluding hydrogens is 244 g/mol. The van der Waals surface area contributed by atoms with Crippen LogP contribution in [-0.4, -0.2) is 35.6 Å². The van der Waals surface area contributed by atoms with Gasteiger partial charge in [-0.15, -0.1) is 0 Å². The smallest absolute Gasteiger partial charge is 0.251 e. The van der Waals surface area contributed by atoms with E-state index in [1.807, 2.05) is 12.1 Å². The molecule has 19 heavy (non-hydrogen) atoms. The van der Waals surface area contributed by atoms with E-state index >= 15 is 0 Å². The second kappa shape index (κ2) is 5.81. The summed E-state index contributed by atoms with van der Waals surface area (Å²) in [6.45, 7) is -0.0290. The number of hydrogen-bond donors (Lipinski definition) is 3. The van der Waals surface area contributed by atoms with E-state index in [2.05, 4.69) is 20.8 Å². The standard InChI is InChI=1S/C13H14N4O2/c1-14-12(18)8-15-13(19)10-4-2-9(3-5-10)11-6-16-17-7-11/h2-7H,8H2,1H3,(H,14,18)(H,15,19)(H,16,17). The first-order chi connectivity index (χ1) is 9.20. The molecule has 1 aromatic carbocycles. The van der Waals surface area contributed by atoms with Crippen molar-refractivity contribution in [2.45, 2.75) is 0 Å². The lowest BCUT2D eigenvalue weighted by Gasteiger charge is -2.05. The van der Waals surface area contributed by atoms with Crippen LogP contribution in [0.15, 0.2) is 36.7 Å². The van der Waals surface area contributed by atoms with Gasteiger partial charge in [0.05, 0.1) is 12.7 Å². The average molecular weight is 258 g/mol. The van der Waals surface area contributed by atoms with Gasteiger partial charge in [-0.3, -0.25) is 14.7 Å². The van der Waals surface area contributed by atoms with Crippen LogP contribution in [0.5, 0.6) is 0 Å². The monoisotopic (exact) mass is 258 g/mol. The first-order valence-electron chi connectivity index (χ1n) is 5.78. The average Bonchev–Trinajstić information content (AvgIpc) is 2.98. The van der Waals surface area contributed by atoms with Gasteiger partial charge >= 0.3 is 0 Å². The maximum absolute atomic E-state index is 11.8. The third kappa shape index (κ3) is 3.19. The Morgan fingerprint density at radius 2 is 1.95 bits per heavy atom. The molecular formula is C13H14N4O2. The topological polar surface area (TPSA) is 86.9 Å². The molecule has 2 aromatic rings. The number of nitrogens with zero attached hydrogens (tertiary/aromatic N) is 1. The van der Waals surface area contributed by atoms with E-state index in [0.29, 0.717) is 5.56 Å². The summed E-state index contributed by atoms with van der Waals surface area (Å²) >= 11 is 0. The van der Waals surface area contributed by atoms with E-state index in [1.165, 1.54) is 7.05 Å². The molecule has 1 heterocycles. The van der Waals surface area contributed by atoms with Crippen molar-refractivity contribution in [2.24, 2.45) is 0 Å². The van der Waals surface area contributed by atoms with Crippen LogP contribution < -0.4 is 10.6 Å². The number of H-pyrrole nitrogens is 1. The van der Waals surface area contributed by atoms with Crippen LogP contribution in [0.2, 0.25) is 0 Å². The Balaban J connectivity index is 2.02. The first kappa shape index (κ1) is 12.8. The maximum atomic E-state index is 11.8. The molecule has 0 aliphatic rings. The second-order valence-electron chi connectivity index (χ2n) is 3.92. The van der Waals surface area contributed by atoms with Gasteiger partial charge in [-0.05, 0) is 17.7 Å². The SMILES string of the molecule is CNC(=O)CNC(=O)c1ccc(-c2cn[nH]c2)cc1. The van der Waals surface area contributed by atoms with Crippen LogP contribution in [0.3, 0.4) is 0 Å². The van der Waals surface area contributed by atoms with Crippen molar-refractivity contribution in [3.05, 3.63) is 42.2 Å². The Kier molecular flexibility index (Phi) is 3.92. The number of nitrogens with one attached hydrogen (secondary N) is 3. The van der Waals surface area contributed by atoms with Crippen molar-refractivity contribution in [1.29, 1.82) is 0 Å². The first-order valence-corrected chi connectivity index (χ1v) is 5.78. The number of likely N-dealkylation sites (N-methyl/N-ethyl adjacent to an activating group) is 1. The summed E-state index contributed by atoms with van der Waals surface area (Å²) in [5.41, 5.74) is 2.44. The fourth-order valence-electron chi connectivity index (χ4n) is 1.57. The minimum Gasteiger partial charge on any atom is -0.358 e. The number of benzene rings is 1. The summed E-state index contributed by atoms with van der Waals surface area (Å²) in [6.07, 6.45) is 3.49. The van der Waals surface area contributed by atoms with Crippen molar-refractivity contribution < 1.29 is 9.59 Å². The molecule has 0 fully saturated rings. The Bertz CT molecular complexity index is 561. The maximum Gasteiger partial charge on any atom is 0.251 e. The van der Waals surface area contributed by atoms with E-state index < -0.39 is 0 Å². The van der Waals surface area contributed by atoms with Crippen LogP contribution in [0.4, 0.5) is 0 Å². The largest absolute Gasteiger partial charge is 0.358 e. The van der Waals surface area contributed by atoms with Crippen molar-refractivity contribution >= 4 is 11.8 Å². The predicted octanol–water partition coefficient (Wildman–Crippen LogP) is 0.552. The molecule has 0 bridgehead atoms. The zero-order valence-corrected chi connectivity index (χ0v) is 10.4. The van der Waals surface area contributed by atoms with Crippen molar-refractivity contribution in [1.82, 2.24) is 20.8 Å². The van der Waals surface area contributed by atoms with Gasteiger partial charge in [0.15, 0.2) is 0 Å². The van der Waals surface area contributed by atoms with Crippen LogP contribution >= 0.6 is 0 Å². The van der Waals surface area contributed by atoms with Gasteiger partial charge in [-0.1, -0.05) is 12.1 Å². The number of aromatic nitrogens is 2. The van der Waals surface area contributed by atoms with Gasteiger partial charge in [0, 0.05) is 24.4 Å². The molecule has 2 rings (SSSR count). The Morgan fingerprint density at radius 3 is 2.53 bits per heavy atom. The van der Waals surface area contributed by atoms with Crippen LogP contribution in [0.1, 0.15) is 10.4 Å². The zero-order valence-electron chi connectivity index (χ0n) is 10.4. The molecule has 1 aromatic heterocycles. The molecule has 0 saturated heterocycles. The molecule has 0 aliphatic carbocycles. The van der Waals surface area contributed by atoms with Crippen molar-refractivity contribution in [2.75, 3.05) is 13.6 Å². The number of rotatable bonds is 4. The minimum atomic E-state index is -0.276. The number of aromatic amines is 1. The number of hydrogen-bond acceptors (Lipinski definition) is 3. The van der Waals surface area contributed by atoms with Crippen LogP contribution in [0.25, 0.3) is 11.1 Å². The summed E-state index contributed by atoms with van der Waals surface area (Å²) in [7, 11) is 1.52. The lowest BCUT2D eigenvalue weighted by molar-refractivity contribution is -0.119. The van der Waals surface area contributed by atoms with Crippen LogP contribution in [-0.2, 0) is 4.79 Å². The van der Waals surface area contributed by atoms with E-state index in [1.54, 1.807) is 24.5 Å². The van der Waals surface area contributed by atoms with Gasteiger partial charge in [0.25, 0.3) is 5.91 Å². The molecule has 0 atom stereocenters. The summed E-state index contributed by atoms with van der Waals surface area (Å²) in [5, 5.41) is 11.6. The molecule has 3 N–H and O–H groups in total. The van der Waals surface area contributed by atoms with Gasteiger partial charge in [-0.2, -0.15) is 5.10 Å². The molecule has 98 valence electrons. The molecule has 6 nitrogen and oxygen atoms in total. The lowest BCUT2D eigenvalue weighted by Crippen LogP contribution is -2.35. The molecule has 6 heteroatoms. The highest BCUT2D eigenvalue weighted by molar-refractivity contribution is 5.96. The third-order valence-corrected chi connectivity index (χ3v) is 2.67. The van der Waals surface area contributed by atoms with E-state index in [4.69, 9.17) is 0 Å². The summed E-state index contributed by atoms with van der Waals surface area (Å²) in [4.78, 5) is 22.8. The summed E-state index contributed by atoms with van der Waals surface area (Å²) in [6, 6.07) is 7.09. The predicted molar refractivity (Wildman–Crippen MR) is 70.4 cm³/mol. The number of carbonyl (C=O) groups excluding carboxylic acids is 2. The van der Waals surface area contributed by atoms with Crippen molar-refractivity contribution in [3.8, 4) is 11.1 Å². The van der Waals surface area contributed by atoms with Crippen LogP contribution in [0, 0.1) is 0 Å². The summed E-state index contributed by atoms with van der Waals surface area (Å²) < 4.78 is 0. The quantitative estimate of drug-likeness (QED) is 0.748. The highest BCUT2D eigenvalue weighted by atomic mass is 16.2. The number of carbonyl (C=O) groups is 2. The van der Waals surface area contributed by atoms with Gasteiger partial charge in [0.2, 0.25) is 5.91 Å². The van der Waals surface area contributed by atoms with E-state index in [0.717, 1.165) is 11.1 Å². The molecule has 0 radical (unpaired) electrons. The Hall–Kier alpha value is -2.63. The van der Waals surface area contributed by atoms with Gasteiger partial charge < -0.3 is 10.6 Å². The zero-order chi connectivity index (χ0) is 13.7. The fourth-order valence-corrected chi connectivity index (χ4v) is 1.57. The van der Waals surface area contributed by atoms with Gasteiger partial charge in [0.1, 0.15) is 0 Å². The molecule has 0 saturated carbocycles. The minimum absolute atomic E-state index is 0.0290. The Morgan fingerprint density at radius 1 is 1.21 bits per heavy atom.